The highest BCUT2D eigenvalue weighted by Gasteiger charge is 2.20. The summed E-state index contributed by atoms with van der Waals surface area (Å²) in [5.74, 6) is 0. The molecule has 0 aliphatic carbocycles. The zero-order valence-corrected chi connectivity index (χ0v) is 15.4. The van der Waals surface area contributed by atoms with Gasteiger partial charge in [0.15, 0.2) is 0 Å². The van der Waals surface area contributed by atoms with Crippen LogP contribution in [0.1, 0.15) is 24.2 Å². The van der Waals surface area contributed by atoms with Crippen molar-refractivity contribution < 1.29 is 22.1 Å². The van der Waals surface area contributed by atoms with E-state index in [1.165, 1.54) is 12.1 Å². The lowest BCUT2D eigenvalue weighted by atomic mass is 10.1. The van der Waals surface area contributed by atoms with E-state index in [0.29, 0.717) is 19.8 Å². The summed E-state index contributed by atoms with van der Waals surface area (Å²) in [6, 6.07) is 16.0. The van der Waals surface area contributed by atoms with E-state index in [4.69, 9.17) is 13.7 Å². The van der Waals surface area contributed by atoms with E-state index >= 15 is 0 Å². The molecular weight excluding hydrogens is 340 g/mol. The maximum Gasteiger partial charge on any atom is 0.297 e. The molecule has 2 aromatic carbocycles. The van der Waals surface area contributed by atoms with E-state index in [-0.39, 0.29) is 11.5 Å². The number of hydrogen-bond donors (Lipinski definition) is 0. The van der Waals surface area contributed by atoms with Gasteiger partial charge in [0.25, 0.3) is 10.1 Å². The predicted octanol–water partition coefficient (Wildman–Crippen LogP) is 3.49. The van der Waals surface area contributed by atoms with Gasteiger partial charge < -0.3 is 9.47 Å². The van der Waals surface area contributed by atoms with Gasteiger partial charge in [0.2, 0.25) is 0 Å². The Bertz CT molecular complexity index is 726. The van der Waals surface area contributed by atoms with Crippen molar-refractivity contribution in [3.63, 3.8) is 0 Å². The first kappa shape index (κ1) is 19.6. The lowest BCUT2D eigenvalue weighted by Crippen LogP contribution is -2.18. The summed E-state index contributed by atoms with van der Waals surface area (Å²) in [5.41, 5.74) is 1.85. The van der Waals surface area contributed by atoms with Gasteiger partial charge in [-0.25, -0.2) is 0 Å². The molecule has 0 amide bonds. The summed E-state index contributed by atoms with van der Waals surface area (Å²) in [5, 5.41) is 0. The summed E-state index contributed by atoms with van der Waals surface area (Å²) in [6.45, 7) is 5.14. The minimum Gasteiger partial charge on any atom is -0.379 e. The van der Waals surface area contributed by atoms with Gasteiger partial charge in [0.05, 0.1) is 24.7 Å². The molecule has 0 bridgehead atoms. The molecule has 0 unspecified atom stereocenters. The average molecular weight is 364 g/mol. The third-order valence-electron chi connectivity index (χ3n) is 3.61. The second kappa shape index (κ2) is 9.68. The third kappa shape index (κ3) is 6.25. The minimum absolute atomic E-state index is 0.0909. The van der Waals surface area contributed by atoms with E-state index in [1.807, 2.05) is 44.2 Å². The Labute approximate surface area is 149 Å². The van der Waals surface area contributed by atoms with Gasteiger partial charge in [-0.1, -0.05) is 48.0 Å². The van der Waals surface area contributed by atoms with Crippen LogP contribution in [0.5, 0.6) is 0 Å². The molecule has 2 aromatic rings. The van der Waals surface area contributed by atoms with Crippen LogP contribution in [0.3, 0.4) is 0 Å². The molecule has 136 valence electrons. The number of ether oxygens (including phenoxy) is 2. The maximum atomic E-state index is 12.4. The zero-order chi connectivity index (χ0) is 18.1. The fourth-order valence-electron chi connectivity index (χ4n) is 2.23. The molecule has 0 saturated heterocycles. The first-order valence-corrected chi connectivity index (χ1v) is 9.64. The van der Waals surface area contributed by atoms with Crippen LogP contribution >= 0.6 is 0 Å². The van der Waals surface area contributed by atoms with Crippen LogP contribution in [0.4, 0.5) is 0 Å². The van der Waals surface area contributed by atoms with Gasteiger partial charge in [-0.3, -0.25) is 4.18 Å². The molecular formula is C19H24O5S. The van der Waals surface area contributed by atoms with Crippen LogP contribution in [0, 0.1) is 6.92 Å². The van der Waals surface area contributed by atoms with Crippen molar-refractivity contribution in [3.8, 4) is 0 Å². The molecule has 0 fully saturated rings. The van der Waals surface area contributed by atoms with Crippen LogP contribution in [0.2, 0.25) is 0 Å². The Balaban J connectivity index is 2.04. The molecule has 25 heavy (non-hydrogen) atoms. The first-order chi connectivity index (χ1) is 12.0. The Hall–Kier alpha value is -1.73. The number of benzene rings is 2. The van der Waals surface area contributed by atoms with E-state index in [9.17, 15) is 8.42 Å². The molecule has 0 aromatic heterocycles. The van der Waals surface area contributed by atoms with Crippen molar-refractivity contribution >= 4 is 10.1 Å². The Morgan fingerprint density at radius 1 is 0.960 bits per heavy atom. The van der Waals surface area contributed by atoms with Crippen molar-refractivity contribution in [2.45, 2.75) is 24.8 Å². The van der Waals surface area contributed by atoms with Crippen molar-refractivity contribution in [1.29, 1.82) is 0 Å². The molecule has 0 heterocycles. The van der Waals surface area contributed by atoms with Crippen molar-refractivity contribution in [2.75, 3.05) is 26.4 Å². The summed E-state index contributed by atoms with van der Waals surface area (Å²) < 4.78 is 41.0. The van der Waals surface area contributed by atoms with E-state index in [0.717, 1.165) is 11.1 Å². The average Bonchev–Trinajstić information content (AvgIpc) is 2.62. The van der Waals surface area contributed by atoms with Gasteiger partial charge in [0, 0.05) is 6.61 Å². The minimum atomic E-state index is -3.83. The standard InChI is InChI=1S/C19H24O5S/c1-3-22-13-14-23-19(17-7-5-4-6-8-17)15-24-25(20,21)18-11-9-16(2)10-12-18/h4-12,19H,3,13-15H2,1-2H3/t19-/m1/s1. The summed E-state index contributed by atoms with van der Waals surface area (Å²) in [4.78, 5) is 0.138. The quantitative estimate of drug-likeness (QED) is 0.477. The maximum absolute atomic E-state index is 12.4. The van der Waals surface area contributed by atoms with Crippen LogP contribution in [0.25, 0.3) is 0 Å². The van der Waals surface area contributed by atoms with E-state index in [1.54, 1.807) is 12.1 Å². The summed E-state index contributed by atoms with van der Waals surface area (Å²) in [7, 11) is -3.83. The Morgan fingerprint density at radius 3 is 2.28 bits per heavy atom. The van der Waals surface area contributed by atoms with Crippen molar-refractivity contribution in [1.82, 2.24) is 0 Å². The molecule has 5 nitrogen and oxygen atoms in total. The third-order valence-corrected chi connectivity index (χ3v) is 4.90. The molecule has 6 heteroatoms. The molecule has 0 N–H and O–H groups in total. The second-order valence-corrected chi connectivity index (χ2v) is 7.13. The molecule has 0 saturated carbocycles. The highest BCUT2D eigenvalue weighted by molar-refractivity contribution is 7.86. The summed E-state index contributed by atoms with van der Waals surface area (Å²) in [6.07, 6.45) is -0.484. The normalized spacial score (nSPS) is 12.9. The number of rotatable bonds is 10. The lowest BCUT2D eigenvalue weighted by molar-refractivity contribution is -0.0127. The predicted molar refractivity (Wildman–Crippen MR) is 95.9 cm³/mol. The van der Waals surface area contributed by atoms with Crippen molar-refractivity contribution in [3.05, 3.63) is 65.7 Å². The largest absolute Gasteiger partial charge is 0.379 e. The zero-order valence-electron chi connectivity index (χ0n) is 14.6. The highest BCUT2D eigenvalue weighted by atomic mass is 32.2. The fourth-order valence-corrected chi connectivity index (χ4v) is 3.13. The topological polar surface area (TPSA) is 61.8 Å². The van der Waals surface area contributed by atoms with Gasteiger partial charge in [-0.15, -0.1) is 0 Å². The van der Waals surface area contributed by atoms with Crippen molar-refractivity contribution in [2.24, 2.45) is 0 Å². The monoisotopic (exact) mass is 364 g/mol. The Kier molecular flexibility index (Phi) is 7.58. The second-order valence-electron chi connectivity index (χ2n) is 5.52. The fraction of sp³-hybridized carbons (Fsp3) is 0.368. The van der Waals surface area contributed by atoms with E-state index < -0.39 is 16.2 Å². The molecule has 1 atom stereocenters. The molecule has 0 aliphatic rings. The highest BCUT2D eigenvalue weighted by Crippen LogP contribution is 2.21. The SMILES string of the molecule is CCOCCO[C@H](COS(=O)(=O)c1ccc(C)cc1)c1ccccc1. The molecule has 0 radical (unpaired) electrons. The van der Waals surface area contributed by atoms with Crippen LogP contribution in [-0.2, 0) is 23.8 Å². The molecule has 0 aliphatic heterocycles. The van der Waals surface area contributed by atoms with Gasteiger partial charge in [-0.2, -0.15) is 8.42 Å². The number of hydrogen-bond acceptors (Lipinski definition) is 5. The van der Waals surface area contributed by atoms with E-state index in [2.05, 4.69) is 0 Å². The molecule has 2 rings (SSSR count). The smallest absolute Gasteiger partial charge is 0.297 e. The van der Waals surface area contributed by atoms with Crippen LogP contribution < -0.4 is 0 Å². The van der Waals surface area contributed by atoms with Crippen LogP contribution in [-0.4, -0.2) is 34.8 Å². The van der Waals surface area contributed by atoms with Gasteiger partial charge in [0.1, 0.15) is 6.10 Å². The number of aryl methyl sites for hydroxylation is 1. The summed E-state index contributed by atoms with van der Waals surface area (Å²) >= 11 is 0. The van der Waals surface area contributed by atoms with Crippen LogP contribution in [0.15, 0.2) is 59.5 Å². The lowest BCUT2D eigenvalue weighted by Gasteiger charge is -2.18. The molecule has 0 spiro atoms. The first-order valence-electron chi connectivity index (χ1n) is 8.23. The van der Waals surface area contributed by atoms with Gasteiger partial charge in [-0.05, 0) is 31.5 Å². The van der Waals surface area contributed by atoms with Gasteiger partial charge >= 0.3 is 0 Å². The Morgan fingerprint density at radius 2 is 1.64 bits per heavy atom.